The van der Waals surface area contributed by atoms with E-state index in [-0.39, 0.29) is 33.1 Å². The van der Waals surface area contributed by atoms with Gasteiger partial charge >= 0.3 is 13.9 Å². The van der Waals surface area contributed by atoms with Crippen molar-refractivity contribution in [1.82, 2.24) is 24.9 Å². The summed E-state index contributed by atoms with van der Waals surface area (Å²) in [5.41, 5.74) is 1.87. The number of anilines is 2. The molecule has 2 aromatic heterocycles. The number of nitrogens with one attached hydrogen (secondary N) is 1. The van der Waals surface area contributed by atoms with Gasteiger partial charge in [-0.3, -0.25) is 14.7 Å². The Morgan fingerprint density at radius 1 is 1.27 bits per heavy atom. The number of rotatable bonds is 10. The van der Waals surface area contributed by atoms with Crippen LogP contribution in [0.3, 0.4) is 0 Å². The molecule has 1 aromatic carbocycles. The summed E-state index contributed by atoms with van der Waals surface area (Å²) in [5, 5.41) is 23.2. The summed E-state index contributed by atoms with van der Waals surface area (Å²) in [4.78, 5) is 53.7. The Kier molecular flexibility index (Phi) is 9.04. The molecule has 52 heavy (non-hydrogen) atoms. The van der Waals surface area contributed by atoms with Gasteiger partial charge in [-0.25, -0.2) is 18.6 Å². The molecule has 2 bridgehead atoms. The summed E-state index contributed by atoms with van der Waals surface area (Å²) in [6.45, 7) is 5.54. The van der Waals surface area contributed by atoms with E-state index in [0.717, 1.165) is 19.3 Å². The number of ether oxygens (including phenoxy) is 1. The van der Waals surface area contributed by atoms with Crippen molar-refractivity contribution in [2.75, 3.05) is 30.6 Å². The topological polar surface area (TPSA) is 196 Å². The Labute approximate surface area is 304 Å². The Morgan fingerprint density at radius 2 is 2.02 bits per heavy atom. The molecule has 2 amide bonds. The number of pyridine rings is 1. The van der Waals surface area contributed by atoms with Gasteiger partial charge in [0, 0.05) is 48.8 Å². The van der Waals surface area contributed by atoms with E-state index >= 15 is 0 Å². The summed E-state index contributed by atoms with van der Waals surface area (Å²) >= 11 is 6.91. The largest absolute Gasteiger partial charge is 0.472 e. The minimum Gasteiger partial charge on any atom is -0.421 e. The molecule has 272 valence electrons. The lowest BCUT2D eigenvalue weighted by molar-refractivity contribution is -0.124. The number of phosphoric ester groups is 1. The Bertz CT molecular complexity index is 2130. The van der Waals surface area contributed by atoms with E-state index in [4.69, 9.17) is 16.3 Å². The van der Waals surface area contributed by atoms with E-state index in [1.807, 2.05) is 43.8 Å². The van der Waals surface area contributed by atoms with Crippen LogP contribution in [0.25, 0.3) is 10.9 Å². The number of phosphoric acid groups is 1. The minimum atomic E-state index is -5.01. The van der Waals surface area contributed by atoms with Crippen molar-refractivity contribution in [3.8, 4) is 6.07 Å². The molecular formula is C35H38ClN8O7P. The van der Waals surface area contributed by atoms with Crippen molar-refractivity contribution in [2.45, 2.75) is 51.6 Å². The summed E-state index contributed by atoms with van der Waals surface area (Å²) < 4.78 is 23.3. The third-order valence-corrected chi connectivity index (χ3v) is 10.8. The van der Waals surface area contributed by atoms with Crippen molar-refractivity contribution in [3.63, 3.8) is 0 Å². The second-order valence-corrected chi connectivity index (χ2v) is 16.7. The van der Waals surface area contributed by atoms with Crippen LogP contribution < -0.4 is 10.2 Å². The molecule has 3 fully saturated rings. The molecule has 8 rings (SSSR count). The standard InChI is InChI=1S/C35H38ClN8O7P/c1-34(2,3)18-39-29-21(15-37)16-38-30-26(29)10-22(11-27(30)36)44(33(46)50-19-51-52(47,48)49)31(28-17-43(41-40-28)35-12-20(13-35)14-35)24-6-5-7-25-23(24)8-9-42(4)32(25)45/h5-11,16-17,20,23-24,31H,12-14,18-19H2,1-4H3,(H,38,39)(H2,47,48,49)/t20?,23?,24-,31-,35?/m0/s1. The number of carbonyl (C=O) groups excluding carboxylic acids is 2. The third-order valence-electron chi connectivity index (χ3n) is 10.1. The lowest BCUT2D eigenvalue weighted by Gasteiger charge is -2.61. The summed E-state index contributed by atoms with van der Waals surface area (Å²) in [6, 6.07) is 4.37. The van der Waals surface area contributed by atoms with Gasteiger partial charge in [0.1, 0.15) is 11.8 Å². The van der Waals surface area contributed by atoms with Crippen LogP contribution in [0.15, 0.2) is 60.6 Å². The zero-order valence-corrected chi connectivity index (χ0v) is 30.6. The Morgan fingerprint density at radius 3 is 2.67 bits per heavy atom. The number of nitrogens with zero attached hydrogens (tertiary/aromatic N) is 7. The number of halogens is 1. The number of aromatic nitrogens is 4. The highest BCUT2D eigenvalue weighted by atomic mass is 35.5. The first-order chi connectivity index (χ1) is 24.6. The summed E-state index contributed by atoms with van der Waals surface area (Å²) in [7, 11) is -3.35. The molecule has 1 aliphatic heterocycles. The minimum absolute atomic E-state index is 0.140. The van der Waals surface area contributed by atoms with Gasteiger partial charge in [0.05, 0.1) is 45.3 Å². The summed E-state index contributed by atoms with van der Waals surface area (Å²) in [5.74, 6) is -0.673. The molecule has 3 saturated carbocycles. The molecule has 0 radical (unpaired) electrons. The molecule has 5 aliphatic rings. The van der Waals surface area contributed by atoms with Gasteiger partial charge in [0.25, 0.3) is 5.91 Å². The van der Waals surface area contributed by atoms with Crippen LogP contribution in [-0.2, 0) is 24.2 Å². The van der Waals surface area contributed by atoms with Gasteiger partial charge in [-0.2, -0.15) is 5.26 Å². The number of fused-ring (bicyclic) bond motifs is 2. The van der Waals surface area contributed by atoms with Gasteiger partial charge in [0.15, 0.2) is 0 Å². The molecule has 3 N–H and O–H groups in total. The normalized spacial score (nSPS) is 24.0. The highest BCUT2D eigenvalue weighted by Crippen LogP contribution is 2.62. The summed E-state index contributed by atoms with van der Waals surface area (Å²) in [6.07, 6.45) is 14.1. The number of amides is 2. The molecular weight excluding hydrogens is 711 g/mol. The van der Waals surface area contributed by atoms with Gasteiger partial charge in [-0.05, 0) is 42.7 Å². The highest BCUT2D eigenvalue weighted by Gasteiger charge is 2.59. The van der Waals surface area contributed by atoms with Crippen molar-refractivity contribution in [3.05, 3.63) is 76.9 Å². The fraction of sp³-hybridized carbons (Fsp3) is 0.429. The first-order valence-electron chi connectivity index (χ1n) is 16.8. The molecule has 3 heterocycles. The number of nitriles is 1. The molecule has 15 nitrogen and oxygen atoms in total. The average molecular weight is 749 g/mol. The smallest absolute Gasteiger partial charge is 0.421 e. The molecule has 3 aromatic rings. The zero-order valence-electron chi connectivity index (χ0n) is 28.9. The van der Waals surface area contributed by atoms with Gasteiger partial charge < -0.3 is 24.7 Å². The molecule has 0 spiro atoms. The van der Waals surface area contributed by atoms with Crippen LogP contribution in [0.1, 0.15) is 57.3 Å². The van der Waals surface area contributed by atoms with Crippen molar-refractivity contribution >= 4 is 53.7 Å². The van der Waals surface area contributed by atoms with E-state index in [9.17, 15) is 29.2 Å². The fourth-order valence-electron chi connectivity index (χ4n) is 7.43. The zero-order chi connectivity index (χ0) is 37.2. The predicted octanol–water partition coefficient (Wildman–Crippen LogP) is 5.78. The van der Waals surface area contributed by atoms with E-state index in [1.165, 1.54) is 22.1 Å². The van der Waals surface area contributed by atoms with Crippen LogP contribution in [0.5, 0.6) is 0 Å². The molecule has 3 atom stereocenters. The molecule has 4 aliphatic carbocycles. The highest BCUT2D eigenvalue weighted by molar-refractivity contribution is 7.46. The quantitative estimate of drug-likeness (QED) is 0.167. The fourth-order valence-corrected chi connectivity index (χ4v) is 7.89. The first-order valence-corrected chi connectivity index (χ1v) is 18.7. The van der Waals surface area contributed by atoms with Gasteiger partial charge in [-0.15, -0.1) is 5.10 Å². The Balaban J connectivity index is 1.41. The van der Waals surface area contributed by atoms with Gasteiger partial charge in [0.2, 0.25) is 6.79 Å². The van der Waals surface area contributed by atoms with Crippen LogP contribution in [-0.4, -0.2) is 67.1 Å². The van der Waals surface area contributed by atoms with Crippen LogP contribution in [0.4, 0.5) is 16.2 Å². The van der Waals surface area contributed by atoms with E-state index in [1.54, 1.807) is 31.5 Å². The van der Waals surface area contributed by atoms with Crippen LogP contribution in [0.2, 0.25) is 5.02 Å². The van der Waals surface area contributed by atoms with Crippen LogP contribution >= 0.6 is 19.4 Å². The van der Waals surface area contributed by atoms with E-state index in [2.05, 4.69) is 31.2 Å². The monoisotopic (exact) mass is 748 g/mol. The maximum absolute atomic E-state index is 14.4. The lowest BCUT2D eigenvalue weighted by atomic mass is 9.50. The average Bonchev–Trinajstić information content (AvgIpc) is 3.50. The second-order valence-electron chi connectivity index (χ2n) is 15.0. The maximum Gasteiger partial charge on any atom is 0.472 e. The Hall–Kier alpha value is -4.58. The maximum atomic E-state index is 14.4. The van der Waals surface area contributed by atoms with Crippen molar-refractivity contribution in [2.24, 2.45) is 23.2 Å². The number of benzene rings is 1. The second kappa shape index (κ2) is 13.1. The molecule has 0 saturated heterocycles. The number of allylic oxidation sites excluding steroid dienone is 3. The van der Waals surface area contributed by atoms with Crippen LogP contribution in [0, 0.1) is 34.5 Å². The first kappa shape index (κ1) is 35.8. The van der Waals surface area contributed by atoms with Crippen molar-refractivity contribution < 1.29 is 33.2 Å². The molecule has 1 unspecified atom stereocenters. The third kappa shape index (κ3) is 6.61. The van der Waals surface area contributed by atoms with Gasteiger partial charge in [-0.1, -0.05) is 61.9 Å². The SMILES string of the molecule is CN1C=CC2C(=CC=C[C@@H]2[C@@H](c2cn(C34CC(C3)C4)nn2)N(C(=O)OCOP(=O)(O)O)c2cc(Cl)c3ncc(C#N)c(NCC(C)(C)C)c3c2)C1=O. The number of likely N-dealkylation sites (N-methyl/N-ethyl adjacent to an activating group) is 1. The van der Waals surface area contributed by atoms with Crippen molar-refractivity contribution in [1.29, 1.82) is 5.26 Å². The lowest BCUT2D eigenvalue weighted by Crippen LogP contribution is -2.59. The van der Waals surface area contributed by atoms with E-state index < -0.39 is 38.6 Å². The molecule has 17 heteroatoms. The van der Waals surface area contributed by atoms with E-state index in [0.29, 0.717) is 40.3 Å². The number of carbonyl (C=O) groups is 2. The predicted molar refractivity (Wildman–Crippen MR) is 191 cm³/mol. The number of hydrogen-bond acceptors (Lipinski definition) is 10. The number of hydrogen-bond donors (Lipinski definition) is 3.